The van der Waals surface area contributed by atoms with Crippen LogP contribution in [0.4, 0.5) is 0 Å². The molecule has 2 aromatic rings. The molecule has 1 heterocycles. The topological polar surface area (TPSA) is 54.0 Å². The minimum absolute atomic E-state index is 0.206. The molecule has 0 aliphatic carbocycles. The Morgan fingerprint density at radius 1 is 1.24 bits per heavy atom. The number of methoxy groups -OCH3 is 1. The minimum atomic E-state index is -0.609. The van der Waals surface area contributed by atoms with Crippen LogP contribution in [0.2, 0.25) is 0 Å². The molecule has 5 heteroatoms. The zero-order valence-electron chi connectivity index (χ0n) is 15.1. The van der Waals surface area contributed by atoms with Crippen molar-refractivity contribution in [1.29, 1.82) is 0 Å². The van der Waals surface area contributed by atoms with Gasteiger partial charge in [-0.3, -0.25) is 4.79 Å². The maximum atomic E-state index is 12.4. The number of esters is 1. The molecule has 134 valence electrons. The van der Waals surface area contributed by atoms with Crippen molar-refractivity contribution < 1.29 is 23.7 Å². The molecule has 2 aromatic carbocycles. The monoisotopic (exact) mass is 344 g/mol. The molecule has 25 heavy (non-hydrogen) atoms. The van der Waals surface area contributed by atoms with Crippen LogP contribution in [0.25, 0.3) is 10.8 Å². The highest BCUT2D eigenvalue weighted by atomic mass is 16.7. The van der Waals surface area contributed by atoms with Crippen molar-refractivity contribution in [2.24, 2.45) is 0 Å². The Balaban J connectivity index is 1.64. The SMILES string of the molecule is COc1ccc2cc(C(C)C(=O)OCC3COC(C)(C)O3)ccc2c1. The van der Waals surface area contributed by atoms with E-state index in [0.717, 1.165) is 22.1 Å². The summed E-state index contributed by atoms with van der Waals surface area (Å²) in [4.78, 5) is 12.4. The summed E-state index contributed by atoms with van der Waals surface area (Å²) in [6, 6.07) is 11.8. The number of benzene rings is 2. The van der Waals surface area contributed by atoms with Gasteiger partial charge in [-0.15, -0.1) is 0 Å². The van der Waals surface area contributed by atoms with Gasteiger partial charge in [0.25, 0.3) is 0 Å². The Morgan fingerprint density at radius 3 is 2.64 bits per heavy atom. The molecule has 0 N–H and O–H groups in total. The Kier molecular flexibility index (Phi) is 4.97. The first-order valence-corrected chi connectivity index (χ1v) is 8.44. The number of carbonyl (C=O) groups is 1. The van der Waals surface area contributed by atoms with E-state index in [1.807, 2.05) is 57.2 Å². The van der Waals surface area contributed by atoms with E-state index in [-0.39, 0.29) is 24.6 Å². The van der Waals surface area contributed by atoms with Crippen LogP contribution < -0.4 is 4.74 Å². The number of carbonyl (C=O) groups excluding carboxylic acids is 1. The smallest absolute Gasteiger partial charge is 0.313 e. The normalized spacial score (nSPS) is 20.4. The highest BCUT2D eigenvalue weighted by molar-refractivity contribution is 5.86. The second kappa shape index (κ2) is 7.02. The number of hydrogen-bond acceptors (Lipinski definition) is 5. The molecule has 1 saturated heterocycles. The van der Waals surface area contributed by atoms with Crippen LogP contribution >= 0.6 is 0 Å². The summed E-state index contributed by atoms with van der Waals surface area (Å²) in [6.45, 7) is 6.19. The first kappa shape index (κ1) is 17.7. The molecular formula is C20H24O5. The fraction of sp³-hybridized carbons (Fsp3) is 0.450. The van der Waals surface area contributed by atoms with Gasteiger partial charge in [0.1, 0.15) is 18.5 Å². The molecular weight excluding hydrogens is 320 g/mol. The summed E-state index contributed by atoms with van der Waals surface area (Å²) >= 11 is 0. The number of ether oxygens (including phenoxy) is 4. The zero-order valence-corrected chi connectivity index (χ0v) is 15.1. The van der Waals surface area contributed by atoms with Crippen molar-refractivity contribution in [3.63, 3.8) is 0 Å². The highest BCUT2D eigenvalue weighted by Gasteiger charge is 2.33. The van der Waals surface area contributed by atoms with Gasteiger partial charge in [-0.25, -0.2) is 0 Å². The van der Waals surface area contributed by atoms with Crippen LogP contribution in [0, 0.1) is 0 Å². The van der Waals surface area contributed by atoms with E-state index in [2.05, 4.69) is 0 Å². The molecule has 1 aliphatic rings. The Morgan fingerprint density at radius 2 is 1.96 bits per heavy atom. The minimum Gasteiger partial charge on any atom is -0.497 e. The van der Waals surface area contributed by atoms with Crippen molar-refractivity contribution in [1.82, 2.24) is 0 Å². The molecule has 1 aliphatic heterocycles. The van der Waals surface area contributed by atoms with E-state index >= 15 is 0 Å². The van der Waals surface area contributed by atoms with Gasteiger partial charge in [-0.1, -0.05) is 24.3 Å². The fourth-order valence-electron chi connectivity index (χ4n) is 2.92. The molecule has 0 spiro atoms. The van der Waals surface area contributed by atoms with E-state index in [0.29, 0.717) is 6.61 Å². The van der Waals surface area contributed by atoms with Crippen LogP contribution in [-0.4, -0.2) is 38.2 Å². The molecule has 0 amide bonds. The first-order chi connectivity index (χ1) is 11.9. The maximum absolute atomic E-state index is 12.4. The second-order valence-electron chi connectivity index (χ2n) is 6.77. The van der Waals surface area contributed by atoms with Crippen LogP contribution in [0.3, 0.4) is 0 Å². The van der Waals surface area contributed by atoms with E-state index in [9.17, 15) is 4.79 Å². The lowest BCUT2D eigenvalue weighted by atomic mass is 9.98. The van der Waals surface area contributed by atoms with E-state index in [1.54, 1.807) is 7.11 Å². The van der Waals surface area contributed by atoms with Crippen LogP contribution in [0.15, 0.2) is 36.4 Å². The zero-order chi connectivity index (χ0) is 18.0. The van der Waals surface area contributed by atoms with Gasteiger partial charge in [-0.05, 0) is 49.2 Å². The third-order valence-electron chi connectivity index (χ3n) is 4.40. The van der Waals surface area contributed by atoms with Gasteiger partial charge in [0.15, 0.2) is 5.79 Å². The van der Waals surface area contributed by atoms with E-state index in [1.165, 1.54) is 0 Å². The van der Waals surface area contributed by atoms with Crippen molar-refractivity contribution in [2.45, 2.75) is 38.6 Å². The van der Waals surface area contributed by atoms with E-state index in [4.69, 9.17) is 18.9 Å². The lowest BCUT2D eigenvalue weighted by Crippen LogP contribution is -2.26. The Bertz CT molecular complexity index is 768. The van der Waals surface area contributed by atoms with E-state index < -0.39 is 5.79 Å². The lowest BCUT2D eigenvalue weighted by Gasteiger charge is -2.18. The molecule has 2 unspecified atom stereocenters. The average Bonchev–Trinajstić information content (AvgIpc) is 2.97. The molecule has 5 nitrogen and oxygen atoms in total. The van der Waals surface area contributed by atoms with Crippen molar-refractivity contribution in [3.8, 4) is 5.75 Å². The van der Waals surface area contributed by atoms with Gasteiger partial charge in [-0.2, -0.15) is 0 Å². The quantitative estimate of drug-likeness (QED) is 0.775. The summed E-state index contributed by atoms with van der Waals surface area (Å²) < 4.78 is 21.8. The average molecular weight is 344 g/mol. The summed E-state index contributed by atoms with van der Waals surface area (Å²) in [5.41, 5.74) is 0.923. The number of hydrogen-bond donors (Lipinski definition) is 0. The number of rotatable bonds is 5. The third kappa shape index (κ3) is 4.11. The molecule has 2 atom stereocenters. The van der Waals surface area contributed by atoms with Crippen LogP contribution in [-0.2, 0) is 19.0 Å². The Labute approximate surface area is 147 Å². The predicted molar refractivity (Wildman–Crippen MR) is 94.8 cm³/mol. The summed E-state index contributed by atoms with van der Waals surface area (Å²) in [5, 5.41) is 2.13. The summed E-state index contributed by atoms with van der Waals surface area (Å²) in [6.07, 6.45) is -0.213. The molecule has 0 bridgehead atoms. The fourth-order valence-corrected chi connectivity index (χ4v) is 2.92. The van der Waals surface area contributed by atoms with Gasteiger partial charge in [0.2, 0.25) is 0 Å². The Hall–Kier alpha value is -2.11. The maximum Gasteiger partial charge on any atom is 0.313 e. The van der Waals surface area contributed by atoms with Crippen LogP contribution in [0.1, 0.15) is 32.3 Å². The molecule has 3 rings (SSSR count). The summed E-state index contributed by atoms with van der Waals surface area (Å²) in [7, 11) is 1.65. The lowest BCUT2D eigenvalue weighted by molar-refractivity contribution is -0.159. The van der Waals surface area contributed by atoms with Gasteiger partial charge >= 0.3 is 5.97 Å². The van der Waals surface area contributed by atoms with Gasteiger partial charge < -0.3 is 18.9 Å². The van der Waals surface area contributed by atoms with Crippen molar-refractivity contribution in [3.05, 3.63) is 42.0 Å². The van der Waals surface area contributed by atoms with Crippen molar-refractivity contribution >= 4 is 16.7 Å². The van der Waals surface area contributed by atoms with Gasteiger partial charge in [0.05, 0.1) is 19.6 Å². The molecule has 0 aromatic heterocycles. The molecule has 1 fully saturated rings. The highest BCUT2D eigenvalue weighted by Crippen LogP contribution is 2.26. The third-order valence-corrected chi connectivity index (χ3v) is 4.40. The predicted octanol–water partition coefficient (Wildman–Crippen LogP) is 3.65. The first-order valence-electron chi connectivity index (χ1n) is 8.44. The van der Waals surface area contributed by atoms with Crippen molar-refractivity contribution in [2.75, 3.05) is 20.3 Å². The number of fused-ring (bicyclic) bond motifs is 1. The molecule has 0 saturated carbocycles. The standard InChI is InChI=1S/C20H24O5/c1-13(19(21)23-11-18-12-24-20(2,3)25-18)14-5-6-16-10-17(22-4)8-7-15(16)9-14/h5-10,13,18H,11-12H2,1-4H3. The largest absolute Gasteiger partial charge is 0.497 e. The summed E-state index contributed by atoms with van der Waals surface area (Å²) in [5.74, 6) is -0.403. The van der Waals surface area contributed by atoms with Crippen LogP contribution in [0.5, 0.6) is 5.75 Å². The van der Waals surface area contributed by atoms with Gasteiger partial charge in [0, 0.05) is 0 Å². The second-order valence-corrected chi connectivity index (χ2v) is 6.77. The molecule has 0 radical (unpaired) electrons.